The van der Waals surface area contributed by atoms with Crippen LogP contribution in [0.1, 0.15) is 11.3 Å². The number of hydrogen-bond acceptors (Lipinski definition) is 4. The topological polar surface area (TPSA) is 68.7 Å². The summed E-state index contributed by atoms with van der Waals surface area (Å²) in [7, 11) is 1.54. The van der Waals surface area contributed by atoms with Crippen LogP contribution in [0.2, 0.25) is 0 Å². The zero-order valence-corrected chi connectivity index (χ0v) is 12.6. The Morgan fingerprint density at radius 1 is 1.41 bits per heavy atom. The summed E-state index contributed by atoms with van der Waals surface area (Å²) in [5, 5.41) is 0. The van der Waals surface area contributed by atoms with Crippen LogP contribution in [0.15, 0.2) is 40.8 Å². The predicted octanol–water partition coefficient (Wildman–Crippen LogP) is 1.81. The van der Waals surface area contributed by atoms with Crippen LogP contribution < -0.4 is 5.73 Å². The number of methoxy groups -OCH3 is 1. The fourth-order valence-corrected chi connectivity index (χ4v) is 2.74. The summed E-state index contributed by atoms with van der Waals surface area (Å²) in [6.45, 7) is 1.37. The van der Waals surface area contributed by atoms with Gasteiger partial charge >= 0.3 is 0 Å². The van der Waals surface area contributed by atoms with Gasteiger partial charge in [0.2, 0.25) is 5.91 Å². The zero-order valence-electron chi connectivity index (χ0n) is 12.6. The Kier molecular flexibility index (Phi) is 4.27. The molecule has 0 bridgehead atoms. The minimum atomic E-state index is -0.616. The van der Waals surface area contributed by atoms with E-state index in [0.29, 0.717) is 13.1 Å². The van der Waals surface area contributed by atoms with Gasteiger partial charge in [-0.2, -0.15) is 0 Å². The number of hydrogen-bond donors (Lipinski definition) is 1. The molecule has 116 valence electrons. The first-order valence-electron chi connectivity index (χ1n) is 7.39. The highest BCUT2D eigenvalue weighted by Gasteiger charge is 2.27. The molecule has 5 heteroatoms. The second-order valence-corrected chi connectivity index (χ2v) is 5.50. The van der Waals surface area contributed by atoms with E-state index in [1.54, 1.807) is 12.0 Å². The van der Waals surface area contributed by atoms with Crippen molar-refractivity contribution in [2.24, 2.45) is 5.73 Å². The number of ether oxygens (including phenoxy) is 1. The molecule has 0 radical (unpaired) electrons. The van der Waals surface area contributed by atoms with E-state index in [4.69, 9.17) is 14.9 Å². The Bertz CT molecular complexity index is 651. The zero-order chi connectivity index (χ0) is 15.5. The molecule has 5 nitrogen and oxygen atoms in total. The third-order valence-corrected chi connectivity index (χ3v) is 3.92. The number of carbonyl (C=O) groups is 1. The number of amides is 1. The largest absolute Gasteiger partial charge is 0.459 e. The minimum Gasteiger partial charge on any atom is -0.459 e. The van der Waals surface area contributed by atoms with E-state index in [9.17, 15) is 4.79 Å². The van der Waals surface area contributed by atoms with Gasteiger partial charge in [0.05, 0.1) is 13.2 Å². The summed E-state index contributed by atoms with van der Waals surface area (Å²) < 4.78 is 10.9. The second-order valence-electron chi connectivity index (χ2n) is 5.50. The highest BCUT2D eigenvalue weighted by Crippen LogP contribution is 2.29. The number of rotatable bonds is 4. The number of carbonyl (C=O) groups excluding carboxylic acids is 1. The second kappa shape index (κ2) is 6.34. The first-order valence-corrected chi connectivity index (χ1v) is 7.39. The average Bonchev–Trinajstić information content (AvgIpc) is 2.98. The van der Waals surface area contributed by atoms with Gasteiger partial charge in [0.15, 0.2) is 0 Å². The normalized spacial score (nSPS) is 15.5. The molecule has 1 aromatic heterocycles. The maximum atomic E-state index is 12.3. The van der Waals surface area contributed by atoms with Crippen molar-refractivity contribution in [1.29, 1.82) is 0 Å². The number of benzene rings is 1. The van der Waals surface area contributed by atoms with Crippen molar-refractivity contribution >= 4 is 5.91 Å². The maximum Gasteiger partial charge on any atom is 0.242 e. The van der Waals surface area contributed by atoms with E-state index < -0.39 is 6.04 Å². The maximum absolute atomic E-state index is 12.3. The summed E-state index contributed by atoms with van der Waals surface area (Å²) >= 11 is 0. The summed E-state index contributed by atoms with van der Waals surface area (Å²) in [6, 6.07) is 11.4. The van der Waals surface area contributed by atoms with Crippen LogP contribution >= 0.6 is 0 Å². The lowest BCUT2D eigenvalue weighted by Crippen LogP contribution is -2.47. The van der Waals surface area contributed by atoms with E-state index in [-0.39, 0.29) is 12.5 Å². The molecule has 0 fully saturated rings. The van der Waals surface area contributed by atoms with Gasteiger partial charge < -0.3 is 19.8 Å². The van der Waals surface area contributed by atoms with Gasteiger partial charge in [-0.15, -0.1) is 0 Å². The number of fused-ring (bicyclic) bond motifs is 1. The monoisotopic (exact) mass is 300 g/mol. The van der Waals surface area contributed by atoms with E-state index in [2.05, 4.69) is 6.07 Å². The van der Waals surface area contributed by atoms with Crippen LogP contribution in [0.5, 0.6) is 0 Å². The van der Waals surface area contributed by atoms with Crippen LogP contribution in [-0.2, 0) is 22.5 Å². The molecule has 1 amide bonds. The van der Waals surface area contributed by atoms with E-state index >= 15 is 0 Å². The lowest BCUT2D eigenvalue weighted by Gasteiger charge is -2.28. The fraction of sp³-hybridized carbons (Fsp3) is 0.353. The molecule has 3 rings (SSSR count). The van der Waals surface area contributed by atoms with Gasteiger partial charge in [0.25, 0.3) is 0 Å². The average molecular weight is 300 g/mol. The molecule has 1 atom stereocenters. The molecular weight excluding hydrogens is 280 g/mol. The van der Waals surface area contributed by atoms with Crippen molar-refractivity contribution in [3.8, 4) is 11.3 Å². The summed E-state index contributed by atoms with van der Waals surface area (Å²) in [5.41, 5.74) is 8.04. The summed E-state index contributed by atoms with van der Waals surface area (Å²) in [5.74, 6) is 1.61. The summed E-state index contributed by atoms with van der Waals surface area (Å²) in [6.07, 6.45) is 0.789. The standard InChI is InChI=1S/C17H20N2O3/c1-21-11-14(18)17(20)19-8-7-13-9-15(22-16(13)10-19)12-5-3-2-4-6-12/h2-6,9,14H,7-8,10-11,18H2,1H3. The highest BCUT2D eigenvalue weighted by atomic mass is 16.5. The van der Waals surface area contributed by atoms with Gasteiger partial charge in [-0.3, -0.25) is 4.79 Å². The van der Waals surface area contributed by atoms with Crippen LogP contribution in [0.3, 0.4) is 0 Å². The molecule has 1 aliphatic rings. The van der Waals surface area contributed by atoms with Crippen LogP contribution in [-0.4, -0.2) is 37.1 Å². The molecule has 1 unspecified atom stereocenters. The van der Waals surface area contributed by atoms with Crippen molar-refractivity contribution in [2.75, 3.05) is 20.3 Å². The minimum absolute atomic E-state index is 0.0924. The first-order chi connectivity index (χ1) is 10.7. The molecule has 2 N–H and O–H groups in total. The number of nitrogens with two attached hydrogens (primary N) is 1. The van der Waals surface area contributed by atoms with Crippen molar-refractivity contribution in [2.45, 2.75) is 19.0 Å². The molecule has 0 saturated carbocycles. The van der Waals surface area contributed by atoms with Gasteiger partial charge in [-0.1, -0.05) is 30.3 Å². The lowest BCUT2D eigenvalue weighted by atomic mass is 10.1. The van der Waals surface area contributed by atoms with Crippen LogP contribution in [0, 0.1) is 0 Å². The Balaban J connectivity index is 1.76. The molecule has 1 aliphatic heterocycles. The van der Waals surface area contributed by atoms with Gasteiger partial charge in [0.1, 0.15) is 17.6 Å². The molecule has 0 spiro atoms. The van der Waals surface area contributed by atoms with Crippen molar-refractivity contribution < 1.29 is 13.9 Å². The van der Waals surface area contributed by atoms with Crippen LogP contribution in [0.25, 0.3) is 11.3 Å². The molecular formula is C17H20N2O3. The third-order valence-electron chi connectivity index (χ3n) is 3.92. The molecule has 1 aromatic carbocycles. The van der Waals surface area contributed by atoms with Crippen molar-refractivity contribution in [3.63, 3.8) is 0 Å². The van der Waals surface area contributed by atoms with E-state index in [0.717, 1.165) is 23.5 Å². The van der Waals surface area contributed by atoms with Crippen molar-refractivity contribution in [1.82, 2.24) is 4.90 Å². The van der Waals surface area contributed by atoms with Gasteiger partial charge in [-0.25, -0.2) is 0 Å². The van der Waals surface area contributed by atoms with Gasteiger partial charge in [0, 0.05) is 19.2 Å². The van der Waals surface area contributed by atoms with Crippen LogP contribution in [0.4, 0.5) is 0 Å². The SMILES string of the molecule is COCC(N)C(=O)N1CCc2cc(-c3ccccc3)oc2C1. The molecule has 2 aromatic rings. The number of nitrogens with zero attached hydrogens (tertiary/aromatic N) is 1. The molecule has 0 saturated heterocycles. The Morgan fingerprint density at radius 2 is 2.18 bits per heavy atom. The van der Waals surface area contributed by atoms with Crippen molar-refractivity contribution in [3.05, 3.63) is 47.7 Å². The predicted molar refractivity (Wildman–Crippen MR) is 83.1 cm³/mol. The lowest BCUT2D eigenvalue weighted by molar-refractivity contribution is -0.135. The van der Waals surface area contributed by atoms with Gasteiger partial charge in [-0.05, 0) is 18.1 Å². The highest BCUT2D eigenvalue weighted by molar-refractivity contribution is 5.82. The quantitative estimate of drug-likeness (QED) is 0.935. The first kappa shape index (κ1) is 14.8. The van der Waals surface area contributed by atoms with E-state index in [1.165, 1.54) is 5.56 Å². The molecule has 0 aliphatic carbocycles. The summed E-state index contributed by atoms with van der Waals surface area (Å²) in [4.78, 5) is 14.0. The Morgan fingerprint density at radius 3 is 2.91 bits per heavy atom. The van der Waals surface area contributed by atoms with E-state index in [1.807, 2.05) is 30.3 Å². The third kappa shape index (κ3) is 2.91. The smallest absolute Gasteiger partial charge is 0.242 e. The molecule has 22 heavy (non-hydrogen) atoms. The molecule has 2 heterocycles. The Hall–Kier alpha value is -2.11. The Labute approximate surface area is 129 Å². The number of furan rings is 1. The fourth-order valence-electron chi connectivity index (χ4n) is 2.74.